The van der Waals surface area contributed by atoms with Crippen LogP contribution in [-0.4, -0.2) is 12.5 Å². The van der Waals surface area contributed by atoms with Crippen molar-refractivity contribution in [1.29, 1.82) is 0 Å². The van der Waals surface area contributed by atoms with Crippen molar-refractivity contribution in [3.05, 3.63) is 23.4 Å². The van der Waals surface area contributed by atoms with Crippen LogP contribution >= 0.6 is 0 Å². The van der Waals surface area contributed by atoms with Gasteiger partial charge in [0.15, 0.2) is 6.29 Å². The topological polar surface area (TPSA) is 43.1 Å². The van der Waals surface area contributed by atoms with Gasteiger partial charge in [-0.3, -0.25) is 4.79 Å². The number of carbonyl (C=O) groups excluding carboxylic acids is 1. The summed E-state index contributed by atoms with van der Waals surface area (Å²) in [7, 11) is 0. The normalized spacial score (nSPS) is 25.1. The molecule has 2 nitrogen and oxygen atoms in total. The van der Waals surface area contributed by atoms with E-state index in [0.29, 0.717) is 6.29 Å². The summed E-state index contributed by atoms with van der Waals surface area (Å²) in [6.45, 7) is 0. The molecule has 1 atom stereocenters. The molecule has 0 radical (unpaired) electrons. The minimum absolute atomic E-state index is 0.0718. The van der Waals surface area contributed by atoms with Gasteiger partial charge in [0.05, 0.1) is 0 Å². The van der Waals surface area contributed by atoms with Gasteiger partial charge in [-0.25, -0.2) is 4.39 Å². The van der Waals surface area contributed by atoms with Gasteiger partial charge in [-0.05, 0) is 6.08 Å². The van der Waals surface area contributed by atoms with Crippen LogP contribution in [0.4, 0.5) is 4.39 Å². The average molecular weight is 141 g/mol. The molecule has 0 aromatic heterocycles. The van der Waals surface area contributed by atoms with Gasteiger partial charge in [0.25, 0.3) is 0 Å². The van der Waals surface area contributed by atoms with E-state index >= 15 is 0 Å². The minimum atomic E-state index is -1.21. The van der Waals surface area contributed by atoms with Crippen LogP contribution in [-0.2, 0) is 4.79 Å². The first-order valence-electron chi connectivity index (χ1n) is 3.01. The number of hydrogen-bond acceptors (Lipinski definition) is 2. The van der Waals surface area contributed by atoms with Crippen molar-refractivity contribution < 1.29 is 9.18 Å². The molecule has 1 unspecified atom stereocenters. The molecule has 1 aliphatic carbocycles. The minimum Gasteiger partial charge on any atom is -0.398 e. The second-order valence-electron chi connectivity index (χ2n) is 2.13. The van der Waals surface area contributed by atoms with Crippen LogP contribution in [0.1, 0.15) is 6.42 Å². The molecule has 3 heteroatoms. The van der Waals surface area contributed by atoms with Crippen LogP contribution in [0.25, 0.3) is 0 Å². The lowest BCUT2D eigenvalue weighted by molar-refractivity contribution is -0.105. The van der Waals surface area contributed by atoms with Crippen molar-refractivity contribution >= 4 is 6.29 Å². The fraction of sp³-hybridized carbons (Fsp3) is 0.286. The Kier molecular flexibility index (Phi) is 1.85. The largest absolute Gasteiger partial charge is 0.398 e. The molecule has 10 heavy (non-hydrogen) atoms. The number of rotatable bonds is 1. The zero-order valence-electron chi connectivity index (χ0n) is 5.38. The lowest BCUT2D eigenvalue weighted by Crippen LogP contribution is -2.14. The van der Waals surface area contributed by atoms with E-state index < -0.39 is 6.17 Å². The molecule has 2 N–H and O–H groups in total. The van der Waals surface area contributed by atoms with Crippen molar-refractivity contribution in [1.82, 2.24) is 0 Å². The maximum absolute atomic E-state index is 12.7. The average Bonchev–Trinajstić information content (AvgIpc) is 1.88. The van der Waals surface area contributed by atoms with Crippen molar-refractivity contribution in [2.24, 2.45) is 5.73 Å². The fourth-order valence-corrected chi connectivity index (χ4v) is 0.860. The Morgan fingerprint density at radius 3 is 2.90 bits per heavy atom. The highest BCUT2D eigenvalue weighted by Gasteiger charge is 2.16. The summed E-state index contributed by atoms with van der Waals surface area (Å²) in [6, 6.07) is 0. The van der Waals surface area contributed by atoms with E-state index in [9.17, 15) is 9.18 Å². The molecule has 0 aromatic rings. The van der Waals surface area contributed by atoms with Gasteiger partial charge >= 0.3 is 0 Å². The van der Waals surface area contributed by atoms with Gasteiger partial charge < -0.3 is 5.73 Å². The zero-order chi connectivity index (χ0) is 7.56. The summed E-state index contributed by atoms with van der Waals surface area (Å²) in [5.74, 6) is 0. The number of nitrogens with two attached hydrogens (primary N) is 1. The Hall–Kier alpha value is -1.12. The summed E-state index contributed by atoms with van der Waals surface area (Å²) >= 11 is 0. The number of halogens is 1. The third-order valence-electron chi connectivity index (χ3n) is 1.44. The Morgan fingerprint density at radius 2 is 2.50 bits per heavy atom. The molecule has 0 aliphatic heterocycles. The van der Waals surface area contributed by atoms with Gasteiger partial charge in [-0.1, -0.05) is 6.08 Å². The number of allylic oxidation sites excluding steroid dienone is 3. The molecule has 0 saturated heterocycles. The number of alkyl halides is 1. The van der Waals surface area contributed by atoms with E-state index in [-0.39, 0.29) is 17.7 Å². The third kappa shape index (κ3) is 1.07. The third-order valence-corrected chi connectivity index (χ3v) is 1.44. The Bertz CT molecular complexity index is 208. The quantitative estimate of drug-likeness (QED) is 0.546. The van der Waals surface area contributed by atoms with Crippen LogP contribution in [0, 0.1) is 0 Å². The number of hydrogen-bond donors (Lipinski definition) is 1. The van der Waals surface area contributed by atoms with Gasteiger partial charge in [-0.15, -0.1) is 0 Å². The fourth-order valence-electron chi connectivity index (χ4n) is 0.860. The van der Waals surface area contributed by atoms with Crippen molar-refractivity contribution in [2.75, 3.05) is 0 Å². The van der Waals surface area contributed by atoms with Crippen molar-refractivity contribution in [3.63, 3.8) is 0 Å². The highest BCUT2D eigenvalue weighted by atomic mass is 19.1. The van der Waals surface area contributed by atoms with E-state index in [2.05, 4.69) is 0 Å². The van der Waals surface area contributed by atoms with E-state index in [0.717, 1.165) is 0 Å². The monoisotopic (exact) mass is 141 g/mol. The lowest BCUT2D eigenvalue weighted by atomic mass is 10.0. The first kappa shape index (κ1) is 6.99. The zero-order valence-corrected chi connectivity index (χ0v) is 5.38. The second kappa shape index (κ2) is 2.64. The van der Waals surface area contributed by atoms with Crippen LogP contribution < -0.4 is 5.73 Å². The highest BCUT2D eigenvalue weighted by molar-refractivity contribution is 5.77. The van der Waals surface area contributed by atoms with Crippen LogP contribution in [0.3, 0.4) is 0 Å². The van der Waals surface area contributed by atoms with Gasteiger partial charge in [0, 0.05) is 17.7 Å². The molecule has 1 aliphatic rings. The van der Waals surface area contributed by atoms with E-state index in [1.165, 1.54) is 0 Å². The molecular weight excluding hydrogens is 133 g/mol. The van der Waals surface area contributed by atoms with Crippen LogP contribution in [0.15, 0.2) is 23.4 Å². The maximum atomic E-state index is 12.7. The van der Waals surface area contributed by atoms with Crippen molar-refractivity contribution in [2.45, 2.75) is 12.6 Å². The van der Waals surface area contributed by atoms with E-state index in [4.69, 9.17) is 5.73 Å². The van der Waals surface area contributed by atoms with Crippen molar-refractivity contribution in [3.8, 4) is 0 Å². The molecule has 0 amide bonds. The van der Waals surface area contributed by atoms with Gasteiger partial charge in [-0.2, -0.15) is 0 Å². The predicted octanol–water partition coefficient (Wildman–Crippen LogP) is 0.696. The maximum Gasteiger partial charge on any atom is 0.151 e. The SMILES string of the molecule is NC1=C(C=O)C(F)CC=C1. The summed E-state index contributed by atoms with van der Waals surface area (Å²) < 4.78 is 12.7. The predicted molar refractivity (Wildman–Crippen MR) is 35.9 cm³/mol. The van der Waals surface area contributed by atoms with Gasteiger partial charge in [0.2, 0.25) is 0 Å². The number of carbonyl (C=O) groups is 1. The lowest BCUT2D eigenvalue weighted by Gasteiger charge is -2.10. The smallest absolute Gasteiger partial charge is 0.151 e. The summed E-state index contributed by atoms with van der Waals surface area (Å²) in [5, 5.41) is 0. The molecule has 0 heterocycles. The first-order chi connectivity index (χ1) is 4.75. The molecule has 0 aromatic carbocycles. The molecule has 54 valence electrons. The molecule has 1 rings (SSSR count). The second-order valence-corrected chi connectivity index (χ2v) is 2.13. The van der Waals surface area contributed by atoms with E-state index in [1.54, 1.807) is 12.2 Å². The highest BCUT2D eigenvalue weighted by Crippen LogP contribution is 2.17. The molecule has 0 spiro atoms. The Balaban J connectivity index is 2.94. The summed E-state index contributed by atoms with van der Waals surface area (Å²) in [4.78, 5) is 10.2. The number of aldehydes is 1. The van der Waals surface area contributed by atoms with Crippen LogP contribution in [0.5, 0.6) is 0 Å². The Morgan fingerprint density at radius 1 is 1.80 bits per heavy atom. The molecule has 0 fully saturated rings. The molecule has 0 bridgehead atoms. The first-order valence-corrected chi connectivity index (χ1v) is 3.01. The molecular formula is C7H8FNO. The summed E-state index contributed by atoms with van der Waals surface area (Å²) in [5.41, 5.74) is 5.62. The van der Waals surface area contributed by atoms with Gasteiger partial charge in [0.1, 0.15) is 6.17 Å². The Labute approximate surface area is 58.2 Å². The van der Waals surface area contributed by atoms with E-state index in [1.807, 2.05) is 0 Å². The standard InChI is InChI=1S/C7H8FNO/c8-6-2-1-3-7(9)5(6)4-10/h1,3-4,6H,2,9H2. The summed E-state index contributed by atoms with van der Waals surface area (Å²) in [6.07, 6.45) is 2.70. The molecule has 0 saturated carbocycles. The van der Waals surface area contributed by atoms with Crippen LogP contribution in [0.2, 0.25) is 0 Å².